The van der Waals surface area contributed by atoms with E-state index in [1.54, 1.807) is 26.4 Å². The van der Waals surface area contributed by atoms with Crippen LogP contribution in [0, 0.1) is 0 Å². The normalized spacial score (nSPS) is 11.3. The largest absolute Gasteiger partial charge is 0.497 e. The van der Waals surface area contributed by atoms with Gasteiger partial charge >= 0.3 is 0 Å². The fraction of sp³-hybridized carbons (Fsp3) is 0.231. The van der Waals surface area contributed by atoms with Crippen LogP contribution in [0.2, 0.25) is 0 Å². The lowest BCUT2D eigenvalue weighted by Crippen LogP contribution is -2.29. The first-order valence-electron chi connectivity index (χ1n) is 10.4. The summed E-state index contributed by atoms with van der Waals surface area (Å²) in [5, 5.41) is 5.80. The minimum absolute atomic E-state index is 0.103. The first-order valence-corrected chi connectivity index (χ1v) is 10.4. The second kappa shape index (κ2) is 11.0. The minimum Gasteiger partial charge on any atom is -0.497 e. The van der Waals surface area contributed by atoms with Crippen molar-refractivity contribution in [1.29, 1.82) is 0 Å². The van der Waals surface area contributed by atoms with Gasteiger partial charge in [-0.05, 0) is 41.5 Å². The quantitative estimate of drug-likeness (QED) is 0.522. The summed E-state index contributed by atoms with van der Waals surface area (Å²) in [4.78, 5) is 24.5. The van der Waals surface area contributed by atoms with Crippen LogP contribution in [0.3, 0.4) is 0 Å². The molecule has 0 spiro atoms. The van der Waals surface area contributed by atoms with Gasteiger partial charge in [-0.15, -0.1) is 0 Å². The highest BCUT2D eigenvalue weighted by Gasteiger charge is 2.18. The molecule has 0 aromatic heterocycles. The van der Waals surface area contributed by atoms with Gasteiger partial charge in [0.25, 0.3) is 0 Å². The Morgan fingerprint density at radius 1 is 0.906 bits per heavy atom. The number of hydrogen-bond acceptors (Lipinski definition) is 4. The Morgan fingerprint density at radius 2 is 1.62 bits per heavy atom. The number of hydrogen-bond donors (Lipinski definition) is 2. The maximum absolute atomic E-state index is 12.8. The van der Waals surface area contributed by atoms with Crippen LogP contribution in [0.5, 0.6) is 11.5 Å². The summed E-state index contributed by atoms with van der Waals surface area (Å²) in [6.45, 7) is 1.44. The predicted octanol–water partition coefficient (Wildman–Crippen LogP) is 4.50. The number of nitrogens with one attached hydrogen (secondary N) is 2. The third kappa shape index (κ3) is 6.35. The molecule has 166 valence electrons. The number of benzene rings is 3. The van der Waals surface area contributed by atoms with Crippen LogP contribution < -0.4 is 20.1 Å². The van der Waals surface area contributed by atoms with Gasteiger partial charge in [0.2, 0.25) is 11.8 Å². The van der Waals surface area contributed by atoms with Crippen molar-refractivity contribution >= 4 is 17.5 Å². The Bertz CT molecular complexity index is 1050. The summed E-state index contributed by atoms with van der Waals surface area (Å²) in [7, 11) is 3.23. The lowest BCUT2D eigenvalue weighted by atomic mass is 10.0. The van der Waals surface area contributed by atoms with E-state index in [4.69, 9.17) is 9.47 Å². The Balaban J connectivity index is 1.74. The molecule has 0 saturated heterocycles. The van der Waals surface area contributed by atoms with E-state index in [0.717, 1.165) is 22.4 Å². The van der Waals surface area contributed by atoms with Gasteiger partial charge in [0, 0.05) is 24.6 Å². The predicted molar refractivity (Wildman–Crippen MR) is 125 cm³/mol. The Kier molecular flexibility index (Phi) is 7.86. The number of amides is 2. The van der Waals surface area contributed by atoms with Crippen LogP contribution >= 0.6 is 0 Å². The summed E-state index contributed by atoms with van der Waals surface area (Å²) >= 11 is 0. The maximum Gasteiger partial charge on any atom is 0.226 e. The molecule has 0 fully saturated rings. The van der Waals surface area contributed by atoms with E-state index in [1.165, 1.54) is 6.92 Å². The van der Waals surface area contributed by atoms with Gasteiger partial charge in [-0.25, -0.2) is 0 Å². The molecule has 0 radical (unpaired) electrons. The van der Waals surface area contributed by atoms with E-state index in [2.05, 4.69) is 22.8 Å². The van der Waals surface area contributed by atoms with Gasteiger partial charge in [-0.1, -0.05) is 42.5 Å². The summed E-state index contributed by atoms with van der Waals surface area (Å²) < 4.78 is 10.7. The molecule has 0 aliphatic rings. The van der Waals surface area contributed by atoms with Crippen molar-refractivity contribution in [2.45, 2.75) is 25.8 Å². The van der Waals surface area contributed by atoms with Gasteiger partial charge in [-0.3, -0.25) is 9.59 Å². The maximum atomic E-state index is 12.8. The molecule has 0 aliphatic heterocycles. The highest BCUT2D eigenvalue weighted by Crippen LogP contribution is 2.26. The third-order valence-corrected chi connectivity index (χ3v) is 5.09. The molecule has 2 N–H and O–H groups in total. The molecule has 32 heavy (non-hydrogen) atoms. The first-order chi connectivity index (χ1) is 15.5. The number of rotatable bonds is 9. The smallest absolute Gasteiger partial charge is 0.226 e. The van der Waals surface area contributed by atoms with E-state index < -0.39 is 6.04 Å². The molecular formula is C26H28N2O4. The van der Waals surface area contributed by atoms with Crippen LogP contribution in [0.4, 0.5) is 5.69 Å². The highest BCUT2D eigenvalue weighted by atomic mass is 16.5. The Morgan fingerprint density at radius 3 is 2.25 bits per heavy atom. The molecule has 3 aromatic carbocycles. The van der Waals surface area contributed by atoms with Gasteiger partial charge in [0.15, 0.2) is 0 Å². The van der Waals surface area contributed by atoms with Crippen LogP contribution in [0.1, 0.15) is 36.1 Å². The average molecular weight is 433 g/mol. The lowest BCUT2D eigenvalue weighted by Gasteiger charge is -2.19. The van der Waals surface area contributed by atoms with E-state index in [9.17, 15) is 9.59 Å². The molecule has 3 rings (SSSR count). The zero-order valence-electron chi connectivity index (χ0n) is 18.6. The third-order valence-electron chi connectivity index (χ3n) is 5.09. The summed E-state index contributed by atoms with van der Waals surface area (Å²) in [6.07, 6.45) is 0.792. The van der Waals surface area contributed by atoms with Gasteiger partial charge < -0.3 is 20.1 Å². The second-order valence-corrected chi connectivity index (χ2v) is 7.47. The molecule has 6 heteroatoms. The van der Waals surface area contributed by atoms with E-state index >= 15 is 0 Å². The summed E-state index contributed by atoms with van der Waals surface area (Å²) in [5.41, 5.74) is 3.64. The van der Waals surface area contributed by atoms with Crippen molar-refractivity contribution in [3.05, 3.63) is 89.5 Å². The minimum atomic E-state index is -0.444. The number of carbonyl (C=O) groups excluding carboxylic acids is 2. The van der Waals surface area contributed by atoms with Crippen LogP contribution in [0.25, 0.3) is 0 Å². The monoisotopic (exact) mass is 432 g/mol. The van der Waals surface area contributed by atoms with Crippen molar-refractivity contribution in [3.8, 4) is 11.5 Å². The Hall–Kier alpha value is -3.80. The first kappa shape index (κ1) is 22.9. The average Bonchev–Trinajstić information content (AvgIpc) is 2.79. The van der Waals surface area contributed by atoms with Crippen molar-refractivity contribution in [2.75, 3.05) is 19.5 Å². The zero-order chi connectivity index (χ0) is 22.9. The van der Waals surface area contributed by atoms with E-state index in [0.29, 0.717) is 17.9 Å². The van der Waals surface area contributed by atoms with E-state index in [-0.39, 0.29) is 18.2 Å². The molecule has 6 nitrogen and oxygen atoms in total. The number of ether oxygens (including phenoxy) is 2. The van der Waals surface area contributed by atoms with Crippen LogP contribution in [0.15, 0.2) is 72.8 Å². The molecule has 1 atom stereocenters. The second-order valence-electron chi connectivity index (χ2n) is 7.47. The zero-order valence-corrected chi connectivity index (χ0v) is 18.6. The number of anilines is 1. The van der Waals surface area contributed by atoms with Crippen LogP contribution in [-0.4, -0.2) is 26.0 Å². The number of carbonyl (C=O) groups is 2. The number of methoxy groups -OCH3 is 2. The molecule has 0 heterocycles. The van der Waals surface area contributed by atoms with Crippen molar-refractivity contribution in [2.24, 2.45) is 0 Å². The Labute approximate surface area is 188 Å². The van der Waals surface area contributed by atoms with Crippen molar-refractivity contribution in [1.82, 2.24) is 5.32 Å². The topological polar surface area (TPSA) is 76.7 Å². The van der Waals surface area contributed by atoms with Gasteiger partial charge in [0.05, 0.1) is 26.7 Å². The molecule has 1 unspecified atom stereocenters. The summed E-state index contributed by atoms with van der Waals surface area (Å²) in [5.74, 6) is 1.08. The van der Waals surface area contributed by atoms with E-state index in [1.807, 2.05) is 48.5 Å². The summed E-state index contributed by atoms with van der Waals surface area (Å²) in [6, 6.07) is 22.5. The fourth-order valence-electron chi connectivity index (χ4n) is 3.54. The molecule has 0 aliphatic carbocycles. The SMILES string of the molecule is COc1ccc(C(CC(=O)Nc2ccc(OC)c(Cc3ccccc3)c2)NC(C)=O)cc1. The van der Waals surface area contributed by atoms with Gasteiger partial charge in [-0.2, -0.15) is 0 Å². The molecule has 0 bridgehead atoms. The molecule has 3 aromatic rings. The highest BCUT2D eigenvalue weighted by molar-refractivity contribution is 5.91. The molecule has 2 amide bonds. The van der Waals surface area contributed by atoms with Gasteiger partial charge in [0.1, 0.15) is 11.5 Å². The fourth-order valence-corrected chi connectivity index (χ4v) is 3.54. The van der Waals surface area contributed by atoms with Crippen LogP contribution in [-0.2, 0) is 16.0 Å². The lowest BCUT2D eigenvalue weighted by molar-refractivity contribution is -0.120. The molecular weight excluding hydrogens is 404 g/mol. The molecule has 0 saturated carbocycles. The van der Waals surface area contributed by atoms with Crippen molar-refractivity contribution in [3.63, 3.8) is 0 Å². The standard InChI is InChI=1S/C26H28N2O4/c1-18(29)27-24(20-9-12-23(31-2)13-10-20)17-26(30)28-22-11-14-25(32-3)21(16-22)15-19-7-5-4-6-8-19/h4-14,16,24H,15,17H2,1-3H3,(H,27,29)(H,28,30). The van der Waals surface area contributed by atoms with Crippen molar-refractivity contribution < 1.29 is 19.1 Å².